The van der Waals surface area contributed by atoms with Gasteiger partial charge in [0, 0.05) is 24.2 Å². The third kappa shape index (κ3) is 5.48. The van der Waals surface area contributed by atoms with Gasteiger partial charge in [0.1, 0.15) is 6.61 Å². The van der Waals surface area contributed by atoms with Crippen LogP contribution in [0.25, 0.3) is 0 Å². The van der Waals surface area contributed by atoms with Crippen LogP contribution < -0.4 is 19.5 Å². The Morgan fingerprint density at radius 2 is 1.90 bits per heavy atom. The summed E-state index contributed by atoms with van der Waals surface area (Å²) in [6.45, 7) is 2.90. The summed E-state index contributed by atoms with van der Waals surface area (Å²) in [5.41, 5.74) is 1.36. The van der Waals surface area contributed by atoms with Gasteiger partial charge in [0.25, 0.3) is 5.91 Å². The van der Waals surface area contributed by atoms with Crippen LogP contribution in [0.15, 0.2) is 59.5 Å². The number of halogens is 1. The Labute approximate surface area is 183 Å². The van der Waals surface area contributed by atoms with Crippen molar-refractivity contribution in [3.8, 4) is 17.2 Å². The van der Waals surface area contributed by atoms with Crippen molar-refractivity contribution in [2.45, 2.75) is 20.0 Å². The number of benzene rings is 1. The van der Waals surface area contributed by atoms with Crippen molar-refractivity contribution in [3.63, 3.8) is 0 Å². The van der Waals surface area contributed by atoms with E-state index in [1.165, 1.54) is 7.11 Å². The maximum absolute atomic E-state index is 12.9. The number of nitrogens with zero attached hydrogens (tertiary/aromatic N) is 2. The summed E-state index contributed by atoms with van der Waals surface area (Å²) < 4.78 is 17.6. The molecule has 8 heteroatoms. The first kappa shape index (κ1) is 21.6. The molecule has 0 radical (unpaired) electrons. The van der Waals surface area contributed by atoms with E-state index >= 15 is 0 Å². The van der Waals surface area contributed by atoms with E-state index in [0.29, 0.717) is 46.3 Å². The summed E-state index contributed by atoms with van der Waals surface area (Å²) in [6.07, 6.45) is 5.85. The number of pyridine rings is 2. The van der Waals surface area contributed by atoms with Gasteiger partial charge >= 0.3 is 0 Å². The minimum atomic E-state index is -0.344. The van der Waals surface area contributed by atoms with E-state index in [0.717, 1.165) is 12.0 Å². The second-order valence-corrected chi connectivity index (χ2v) is 7.14. The van der Waals surface area contributed by atoms with E-state index in [1.807, 2.05) is 19.1 Å². The monoisotopic (exact) mass is 471 g/mol. The van der Waals surface area contributed by atoms with Crippen molar-refractivity contribution < 1.29 is 19.0 Å². The Morgan fingerprint density at radius 3 is 2.63 bits per heavy atom. The topological polar surface area (TPSA) is 82.6 Å². The zero-order chi connectivity index (χ0) is 21.3. The van der Waals surface area contributed by atoms with Crippen molar-refractivity contribution in [2.24, 2.45) is 0 Å². The van der Waals surface area contributed by atoms with Crippen LogP contribution in [0.4, 0.5) is 5.82 Å². The van der Waals surface area contributed by atoms with Crippen LogP contribution in [0.1, 0.15) is 29.3 Å². The summed E-state index contributed by atoms with van der Waals surface area (Å²) in [4.78, 5) is 21.1. The van der Waals surface area contributed by atoms with Gasteiger partial charge in [-0.3, -0.25) is 9.78 Å². The Balaban J connectivity index is 1.77. The van der Waals surface area contributed by atoms with Crippen molar-refractivity contribution in [3.05, 3.63) is 70.6 Å². The molecule has 0 aliphatic heterocycles. The standard InChI is InChI=1S/C22H22BrN3O4/c1-3-11-29-20-17(23)12-16(13-19(20)28-2)22(27)26-21-18(5-4-8-25-21)30-14-15-6-9-24-10-7-15/h4-10,12-13H,3,11,14H2,1-2H3,(H,25,26,27). The molecule has 0 unspecified atom stereocenters. The number of hydrogen-bond donors (Lipinski definition) is 1. The van der Waals surface area contributed by atoms with Gasteiger partial charge in [-0.25, -0.2) is 4.98 Å². The molecule has 0 spiro atoms. The van der Waals surface area contributed by atoms with Crippen molar-refractivity contribution in [1.82, 2.24) is 9.97 Å². The molecule has 0 atom stereocenters. The highest BCUT2D eigenvalue weighted by Gasteiger charge is 2.17. The number of anilines is 1. The predicted molar refractivity (Wildman–Crippen MR) is 117 cm³/mol. The summed E-state index contributed by atoms with van der Waals surface area (Å²) in [6, 6.07) is 10.5. The van der Waals surface area contributed by atoms with E-state index in [1.54, 1.807) is 42.9 Å². The molecule has 1 N–H and O–H groups in total. The lowest BCUT2D eigenvalue weighted by Gasteiger charge is -2.15. The fourth-order valence-corrected chi connectivity index (χ4v) is 3.17. The van der Waals surface area contributed by atoms with E-state index in [9.17, 15) is 4.79 Å². The fraction of sp³-hybridized carbons (Fsp3) is 0.227. The maximum Gasteiger partial charge on any atom is 0.257 e. The van der Waals surface area contributed by atoms with Crippen LogP contribution in [0.5, 0.6) is 17.2 Å². The summed E-state index contributed by atoms with van der Waals surface area (Å²) in [5.74, 6) is 1.49. The Hall–Kier alpha value is -3.13. The number of rotatable bonds is 9. The quantitative estimate of drug-likeness (QED) is 0.479. The highest BCUT2D eigenvalue weighted by Crippen LogP contribution is 2.37. The SMILES string of the molecule is CCCOc1c(Br)cc(C(=O)Nc2ncccc2OCc2ccncc2)cc1OC. The largest absolute Gasteiger partial charge is 0.493 e. The number of methoxy groups -OCH3 is 1. The molecule has 0 aliphatic carbocycles. The van der Waals surface area contributed by atoms with Crippen LogP contribution in [0.2, 0.25) is 0 Å². The van der Waals surface area contributed by atoms with E-state index in [-0.39, 0.29) is 5.91 Å². The van der Waals surface area contributed by atoms with Gasteiger partial charge in [-0.05, 0) is 64.3 Å². The smallest absolute Gasteiger partial charge is 0.257 e. The molecule has 30 heavy (non-hydrogen) atoms. The maximum atomic E-state index is 12.9. The normalized spacial score (nSPS) is 10.4. The van der Waals surface area contributed by atoms with E-state index in [4.69, 9.17) is 14.2 Å². The van der Waals surface area contributed by atoms with E-state index in [2.05, 4.69) is 31.2 Å². The molecule has 0 saturated heterocycles. The molecular weight excluding hydrogens is 450 g/mol. The minimum absolute atomic E-state index is 0.331. The molecule has 1 aromatic carbocycles. The van der Waals surface area contributed by atoms with Crippen molar-refractivity contribution in [2.75, 3.05) is 19.0 Å². The number of carbonyl (C=O) groups excluding carboxylic acids is 1. The van der Waals surface area contributed by atoms with Gasteiger partial charge in [-0.15, -0.1) is 0 Å². The zero-order valence-electron chi connectivity index (χ0n) is 16.7. The Bertz CT molecular complexity index is 999. The predicted octanol–water partition coefficient (Wildman–Crippen LogP) is 4.87. The lowest BCUT2D eigenvalue weighted by Crippen LogP contribution is -2.14. The van der Waals surface area contributed by atoms with Gasteiger partial charge in [-0.2, -0.15) is 0 Å². The molecule has 2 heterocycles. The first-order chi connectivity index (χ1) is 14.6. The molecule has 7 nitrogen and oxygen atoms in total. The average Bonchev–Trinajstić information content (AvgIpc) is 2.77. The fourth-order valence-electron chi connectivity index (χ4n) is 2.62. The van der Waals surface area contributed by atoms with Gasteiger partial charge < -0.3 is 19.5 Å². The summed E-state index contributed by atoms with van der Waals surface area (Å²) in [5, 5.41) is 2.80. The number of nitrogens with one attached hydrogen (secondary N) is 1. The first-order valence-corrected chi connectivity index (χ1v) is 10.2. The second kappa shape index (κ2) is 10.6. The second-order valence-electron chi connectivity index (χ2n) is 6.29. The highest BCUT2D eigenvalue weighted by atomic mass is 79.9. The third-order valence-corrected chi connectivity index (χ3v) is 4.68. The van der Waals surface area contributed by atoms with Gasteiger partial charge in [0.05, 0.1) is 18.2 Å². The number of hydrogen-bond acceptors (Lipinski definition) is 6. The lowest BCUT2D eigenvalue weighted by atomic mass is 10.2. The van der Waals surface area contributed by atoms with Crippen LogP contribution in [-0.4, -0.2) is 29.6 Å². The van der Waals surface area contributed by atoms with Gasteiger partial charge in [0.15, 0.2) is 23.1 Å². The molecular formula is C22H22BrN3O4. The third-order valence-electron chi connectivity index (χ3n) is 4.09. The number of amides is 1. The summed E-state index contributed by atoms with van der Waals surface area (Å²) >= 11 is 3.46. The Morgan fingerprint density at radius 1 is 1.10 bits per heavy atom. The number of ether oxygens (including phenoxy) is 3. The molecule has 0 saturated carbocycles. The minimum Gasteiger partial charge on any atom is -0.493 e. The van der Waals surface area contributed by atoms with Crippen LogP contribution >= 0.6 is 15.9 Å². The van der Waals surface area contributed by atoms with E-state index < -0.39 is 0 Å². The van der Waals surface area contributed by atoms with Crippen molar-refractivity contribution >= 4 is 27.7 Å². The van der Waals surface area contributed by atoms with Crippen molar-refractivity contribution in [1.29, 1.82) is 0 Å². The molecule has 0 fully saturated rings. The zero-order valence-corrected chi connectivity index (χ0v) is 18.3. The van der Waals surface area contributed by atoms with Crippen LogP contribution in [0.3, 0.4) is 0 Å². The van der Waals surface area contributed by atoms with Gasteiger partial charge in [-0.1, -0.05) is 6.92 Å². The molecule has 0 bridgehead atoms. The highest BCUT2D eigenvalue weighted by molar-refractivity contribution is 9.10. The van der Waals surface area contributed by atoms with Crippen LogP contribution in [-0.2, 0) is 6.61 Å². The molecule has 3 rings (SSSR count). The molecule has 2 aromatic heterocycles. The molecule has 3 aromatic rings. The molecule has 0 aliphatic rings. The summed E-state index contributed by atoms with van der Waals surface area (Å²) in [7, 11) is 1.53. The molecule has 1 amide bonds. The first-order valence-electron chi connectivity index (χ1n) is 9.40. The Kier molecular flexibility index (Phi) is 7.62. The van der Waals surface area contributed by atoms with Crippen LogP contribution in [0, 0.1) is 0 Å². The lowest BCUT2D eigenvalue weighted by molar-refractivity contribution is 0.102. The molecule has 156 valence electrons. The average molecular weight is 472 g/mol. The number of aromatic nitrogens is 2. The van der Waals surface area contributed by atoms with Gasteiger partial charge in [0.2, 0.25) is 0 Å². The number of carbonyl (C=O) groups is 1.